The molecule has 1 fully saturated rings. The van der Waals surface area contributed by atoms with E-state index in [1.54, 1.807) is 37.3 Å². The number of hydrogen-bond donors (Lipinski definition) is 1. The Hall–Kier alpha value is -4.47. The summed E-state index contributed by atoms with van der Waals surface area (Å²) in [5.41, 5.74) is 2.62. The van der Waals surface area contributed by atoms with Gasteiger partial charge in [-0.15, -0.1) is 0 Å². The molecule has 1 aliphatic rings. The van der Waals surface area contributed by atoms with Gasteiger partial charge in [0.15, 0.2) is 0 Å². The normalized spacial score (nSPS) is 15.4. The minimum Gasteiger partial charge on any atom is -0.467 e. The molecule has 0 unspecified atom stereocenters. The smallest absolute Gasteiger partial charge is 0.331 e. The Kier molecular flexibility index (Phi) is 5.19. The van der Waals surface area contributed by atoms with Gasteiger partial charge in [0.05, 0.1) is 17.7 Å². The molecule has 1 N–H and O–H groups in total. The molecule has 10 nitrogen and oxygen atoms in total. The fourth-order valence-corrected chi connectivity index (χ4v) is 3.61. The molecule has 3 aromatic rings. The van der Waals surface area contributed by atoms with E-state index in [1.165, 1.54) is 24.5 Å². The molecule has 1 aromatic carbocycles. The maximum atomic E-state index is 12.9. The van der Waals surface area contributed by atoms with Gasteiger partial charge in [-0.2, -0.15) is 0 Å². The molecular weight excluding hydrogens is 416 g/mol. The number of nitrogens with one attached hydrogen (secondary N) is 1. The Morgan fingerprint density at radius 1 is 1.12 bits per heavy atom. The van der Waals surface area contributed by atoms with Crippen molar-refractivity contribution in [2.45, 2.75) is 20.4 Å². The Labute approximate surface area is 181 Å². The van der Waals surface area contributed by atoms with Crippen molar-refractivity contribution >= 4 is 29.6 Å². The molecule has 162 valence electrons. The number of non-ortho nitro benzene ring substituents is 1. The van der Waals surface area contributed by atoms with Gasteiger partial charge in [-0.3, -0.25) is 29.9 Å². The van der Waals surface area contributed by atoms with Crippen molar-refractivity contribution in [3.8, 4) is 5.69 Å². The van der Waals surface area contributed by atoms with Gasteiger partial charge in [0, 0.05) is 29.2 Å². The molecule has 32 heavy (non-hydrogen) atoms. The van der Waals surface area contributed by atoms with Crippen molar-refractivity contribution in [3.05, 3.63) is 87.1 Å². The van der Waals surface area contributed by atoms with E-state index in [0.29, 0.717) is 17.0 Å². The average molecular weight is 434 g/mol. The Morgan fingerprint density at radius 3 is 2.47 bits per heavy atom. The van der Waals surface area contributed by atoms with Crippen molar-refractivity contribution in [2.75, 3.05) is 0 Å². The molecule has 4 amide bonds. The van der Waals surface area contributed by atoms with Gasteiger partial charge in [-0.25, -0.2) is 4.79 Å². The average Bonchev–Trinajstić information content (AvgIpc) is 3.36. The van der Waals surface area contributed by atoms with Gasteiger partial charge in [-0.05, 0) is 55.8 Å². The van der Waals surface area contributed by atoms with E-state index >= 15 is 0 Å². The van der Waals surface area contributed by atoms with Crippen LogP contribution in [0.5, 0.6) is 0 Å². The van der Waals surface area contributed by atoms with Crippen LogP contribution >= 0.6 is 0 Å². The molecule has 1 saturated heterocycles. The maximum absolute atomic E-state index is 12.9. The van der Waals surface area contributed by atoms with Gasteiger partial charge in [-0.1, -0.05) is 0 Å². The standard InChI is InChI=1S/C22H18N4O6/c1-13-10-15(14(2)25(13)16-5-7-17(8-6-16)26(30)31)11-19-20(27)23-22(29)24(21(19)28)12-18-4-3-9-32-18/h3-11H,12H2,1-2H3,(H,23,27,29). The first-order chi connectivity index (χ1) is 15.3. The molecule has 1 aliphatic heterocycles. The number of benzene rings is 1. The molecule has 0 radical (unpaired) electrons. The largest absolute Gasteiger partial charge is 0.467 e. The summed E-state index contributed by atoms with van der Waals surface area (Å²) in [5.74, 6) is -1.11. The molecule has 3 heterocycles. The highest BCUT2D eigenvalue weighted by atomic mass is 16.6. The van der Waals surface area contributed by atoms with Gasteiger partial charge in [0.2, 0.25) is 0 Å². The van der Waals surface area contributed by atoms with E-state index < -0.39 is 22.8 Å². The van der Waals surface area contributed by atoms with Gasteiger partial charge < -0.3 is 8.98 Å². The molecule has 0 bridgehead atoms. The maximum Gasteiger partial charge on any atom is 0.331 e. The van der Waals surface area contributed by atoms with Crippen LogP contribution in [0.1, 0.15) is 22.7 Å². The molecule has 4 rings (SSSR count). The van der Waals surface area contributed by atoms with Gasteiger partial charge >= 0.3 is 6.03 Å². The van der Waals surface area contributed by atoms with E-state index in [2.05, 4.69) is 5.32 Å². The number of urea groups is 1. The molecular formula is C22H18N4O6. The van der Waals surface area contributed by atoms with Crippen LogP contribution in [-0.2, 0) is 16.1 Å². The monoisotopic (exact) mass is 434 g/mol. The Morgan fingerprint density at radius 2 is 1.84 bits per heavy atom. The van der Waals surface area contributed by atoms with Crippen LogP contribution in [-0.4, -0.2) is 32.2 Å². The van der Waals surface area contributed by atoms with Crippen molar-refractivity contribution in [3.63, 3.8) is 0 Å². The number of carbonyl (C=O) groups excluding carboxylic acids is 3. The quantitative estimate of drug-likeness (QED) is 0.284. The Bertz CT molecular complexity index is 1270. The number of nitrogens with zero attached hydrogens (tertiary/aromatic N) is 3. The van der Waals surface area contributed by atoms with Crippen LogP contribution in [0.15, 0.2) is 58.7 Å². The number of carbonyl (C=O) groups is 3. The number of rotatable bonds is 5. The summed E-state index contributed by atoms with van der Waals surface area (Å²) in [6.45, 7) is 3.54. The van der Waals surface area contributed by atoms with Crippen LogP contribution in [0.25, 0.3) is 11.8 Å². The van der Waals surface area contributed by atoms with Crippen LogP contribution in [0.4, 0.5) is 10.5 Å². The molecule has 0 atom stereocenters. The predicted octanol–water partition coefficient (Wildman–Crippen LogP) is 3.26. The Balaban J connectivity index is 1.69. The predicted molar refractivity (Wildman–Crippen MR) is 113 cm³/mol. The highest BCUT2D eigenvalue weighted by Gasteiger charge is 2.36. The number of aryl methyl sites for hydroxylation is 1. The third kappa shape index (κ3) is 3.69. The van der Waals surface area contributed by atoms with E-state index in [4.69, 9.17) is 4.42 Å². The number of amides is 4. The number of imide groups is 2. The van der Waals surface area contributed by atoms with Crippen LogP contribution in [0.3, 0.4) is 0 Å². The highest BCUT2D eigenvalue weighted by molar-refractivity contribution is 6.31. The first kappa shape index (κ1) is 20.8. The minimum atomic E-state index is -0.815. The van der Waals surface area contributed by atoms with E-state index in [1.807, 2.05) is 11.5 Å². The first-order valence-corrected chi connectivity index (χ1v) is 9.61. The lowest BCUT2D eigenvalue weighted by Gasteiger charge is -2.25. The number of nitro benzene ring substituents is 1. The van der Waals surface area contributed by atoms with Crippen molar-refractivity contribution in [1.29, 1.82) is 0 Å². The second-order valence-corrected chi connectivity index (χ2v) is 7.22. The fraction of sp³-hybridized carbons (Fsp3) is 0.136. The summed E-state index contributed by atoms with van der Waals surface area (Å²) in [7, 11) is 0. The van der Waals surface area contributed by atoms with E-state index in [9.17, 15) is 24.5 Å². The third-order valence-corrected chi connectivity index (χ3v) is 5.17. The topological polar surface area (TPSA) is 128 Å². The zero-order chi connectivity index (χ0) is 23.0. The van der Waals surface area contributed by atoms with Crippen LogP contribution in [0.2, 0.25) is 0 Å². The lowest BCUT2D eigenvalue weighted by Crippen LogP contribution is -2.53. The SMILES string of the molecule is Cc1cc(C=C2C(=O)NC(=O)N(Cc3ccco3)C2=O)c(C)n1-c1ccc([N+](=O)[O-])cc1. The van der Waals surface area contributed by atoms with Gasteiger partial charge in [0.25, 0.3) is 17.5 Å². The number of aromatic nitrogens is 1. The highest BCUT2D eigenvalue weighted by Crippen LogP contribution is 2.25. The van der Waals surface area contributed by atoms with Crippen LogP contribution in [0, 0.1) is 24.0 Å². The van der Waals surface area contributed by atoms with Crippen molar-refractivity contribution < 1.29 is 23.7 Å². The number of hydrogen-bond acceptors (Lipinski definition) is 6. The number of barbiturate groups is 1. The fourth-order valence-electron chi connectivity index (χ4n) is 3.61. The summed E-state index contributed by atoms with van der Waals surface area (Å²) < 4.78 is 7.05. The lowest BCUT2D eigenvalue weighted by molar-refractivity contribution is -0.384. The zero-order valence-electron chi connectivity index (χ0n) is 17.2. The molecule has 0 aliphatic carbocycles. The third-order valence-electron chi connectivity index (χ3n) is 5.17. The van der Waals surface area contributed by atoms with Crippen LogP contribution < -0.4 is 5.32 Å². The zero-order valence-corrected chi connectivity index (χ0v) is 17.2. The number of nitro groups is 1. The summed E-state index contributed by atoms with van der Waals surface area (Å²) >= 11 is 0. The van der Waals surface area contributed by atoms with E-state index in [-0.39, 0.29) is 17.8 Å². The van der Waals surface area contributed by atoms with Crippen molar-refractivity contribution in [1.82, 2.24) is 14.8 Å². The summed E-state index contributed by atoms with van der Waals surface area (Å²) in [6, 6.07) is 10.3. The lowest BCUT2D eigenvalue weighted by atomic mass is 10.1. The summed E-state index contributed by atoms with van der Waals surface area (Å²) in [4.78, 5) is 48.8. The number of furan rings is 1. The van der Waals surface area contributed by atoms with Gasteiger partial charge in [0.1, 0.15) is 11.3 Å². The molecule has 0 saturated carbocycles. The van der Waals surface area contributed by atoms with Crippen molar-refractivity contribution in [2.24, 2.45) is 0 Å². The molecule has 0 spiro atoms. The molecule has 2 aromatic heterocycles. The first-order valence-electron chi connectivity index (χ1n) is 9.61. The van der Waals surface area contributed by atoms with E-state index in [0.717, 1.165) is 16.3 Å². The minimum absolute atomic E-state index is 0.0238. The molecule has 10 heteroatoms. The summed E-state index contributed by atoms with van der Waals surface area (Å²) in [5, 5.41) is 13.1. The second kappa shape index (κ2) is 7.99. The second-order valence-electron chi connectivity index (χ2n) is 7.22. The summed E-state index contributed by atoms with van der Waals surface area (Å²) in [6.07, 6.45) is 2.86.